The van der Waals surface area contributed by atoms with Crippen molar-refractivity contribution in [1.82, 2.24) is 0 Å². The Hall–Kier alpha value is -1.58. The Morgan fingerprint density at radius 2 is 2.00 bits per heavy atom. The fourth-order valence-electron chi connectivity index (χ4n) is 3.34. The summed E-state index contributed by atoms with van der Waals surface area (Å²) in [4.78, 5) is 11.0. The molecule has 2 aliphatic rings. The summed E-state index contributed by atoms with van der Waals surface area (Å²) < 4.78 is 13.8. The van der Waals surface area contributed by atoms with Crippen molar-refractivity contribution >= 4 is 11.7 Å². The number of carbonyl (C=O) groups is 1. The third-order valence-corrected chi connectivity index (χ3v) is 4.58. The van der Waals surface area contributed by atoms with Crippen molar-refractivity contribution < 1.29 is 14.3 Å². The number of carboxylic acids is 1. The molecule has 20 heavy (non-hydrogen) atoms. The lowest BCUT2D eigenvalue weighted by molar-refractivity contribution is 0.0697. The third-order valence-electron chi connectivity index (χ3n) is 4.58. The Balaban J connectivity index is 1.69. The highest BCUT2D eigenvalue weighted by Gasteiger charge is 2.34. The summed E-state index contributed by atoms with van der Waals surface area (Å²) in [5.74, 6) is 0.262. The molecule has 2 N–H and O–H groups in total. The summed E-state index contributed by atoms with van der Waals surface area (Å²) in [5.41, 5.74) is 0.454. The second kappa shape index (κ2) is 5.43. The first kappa shape index (κ1) is 13.4. The number of halogens is 1. The standard InChI is InChI=1S/C16H20FNO2/c17-14-7-6-12(16(19)20)9-15(14)18-13-3-1-2-11(8-13)10-4-5-10/h6-7,9-11,13,18H,1-5,8H2,(H,19,20). The average Bonchev–Trinajstić information content (AvgIpc) is 3.26. The molecule has 2 aliphatic carbocycles. The maximum absolute atomic E-state index is 13.8. The van der Waals surface area contributed by atoms with Gasteiger partial charge in [0, 0.05) is 6.04 Å². The Morgan fingerprint density at radius 3 is 2.70 bits per heavy atom. The van der Waals surface area contributed by atoms with Gasteiger partial charge in [0.25, 0.3) is 0 Å². The van der Waals surface area contributed by atoms with Gasteiger partial charge in [-0.1, -0.05) is 12.8 Å². The number of hydrogen-bond acceptors (Lipinski definition) is 2. The summed E-state index contributed by atoms with van der Waals surface area (Å²) >= 11 is 0. The van der Waals surface area contributed by atoms with Gasteiger partial charge in [-0.25, -0.2) is 9.18 Å². The number of hydrogen-bond donors (Lipinski definition) is 2. The van der Waals surface area contributed by atoms with Gasteiger partial charge in [0.2, 0.25) is 0 Å². The van der Waals surface area contributed by atoms with Crippen molar-refractivity contribution in [3.05, 3.63) is 29.6 Å². The van der Waals surface area contributed by atoms with Crippen LogP contribution in [-0.2, 0) is 0 Å². The maximum atomic E-state index is 13.8. The van der Waals surface area contributed by atoms with Gasteiger partial charge in [-0.05, 0) is 55.7 Å². The van der Waals surface area contributed by atoms with Crippen LogP contribution >= 0.6 is 0 Å². The van der Waals surface area contributed by atoms with E-state index in [1.807, 2.05) is 0 Å². The van der Waals surface area contributed by atoms with Gasteiger partial charge in [0.15, 0.2) is 0 Å². The average molecular weight is 277 g/mol. The van der Waals surface area contributed by atoms with E-state index in [1.165, 1.54) is 43.9 Å². The molecule has 3 rings (SSSR count). The second-order valence-electron chi connectivity index (χ2n) is 6.11. The number of carboxylic acid groups (broad SMARTS) is 1. The fraction of sp³-hybridized carbons (Fsp3) is 0.562. The molecule has 0 radical (unpaired) electrons. The Bertz CT molecular complexity index is 513. The van der Waals surface area contributed by atoms with Crippen molar-refractivity contribution in [1.29, 1.82) is 0 Å². The van der Waals surface area contributed by atoms with Gasteiger partial charge in [-0.15, -0.1) is 0 Å². The molecule has 1 aromatic rings. The van der Waals surface area contributed by atoms with Gasteiger partial charge in [0.05, 0.1) is 11.3 Å². The molecule has 0 spiro atoms. The molecular weight excluding hydrogens is 257 g/mol. The molecule has 2 saturated carbocycles. The van der Waals surface area contributed by atoms with Crippen molar-refractivity contribution in [2.75, 3.05) is 5.32 Å². The van der Waals surface area contributed by atoms with Crippen molar-refractivity contribution in [3.8, 4) is 0 Å². The van der Waals surface area contributed by atoms with E-state index in [2.05, 4.69) is 5.32 Å². The highest BCUT2D eigenvalue weighted by molar-refractivity contribution is 5.88. The quantitative estimate of drug-likeness (QED) is 0.877. The van der Waals surface area contributed by atoms with Crippen LogP contribution in [-0.4, -0.2) is 17.1 Å². The monoisotopic (exact) mass is 277 g/mol. The Kier molecular flexibility index (Phi) is 3.64. The highest BCUT2D eigenvalue weighted by atomic mass is 19.1. The van der Waals surface area contributed by atoms with Crippen LogP contribution in [0.2, 0.25) is 0 Å². The van der Waals surface area contributed by atoms with E-state index < -0.39 is 5.97 Å². The molecule has 1 aromatic carbocycles. The zero-order valence-electron chi connectivity index (χ0n) is 11.4. The molecule has 0 bridgehead atoms. The van der Waals surface area contributed by atoms with Crippen molar-refractivity contribution in [3.63, 3.8) is 0 Å². The summed E-state index contributed by atoms with van der Waals surface area (Å²) in [6.07, 6.45) is 7.29. The van der Waals surface area contributed by atoms with Crippen molar-refractivity contribution in [2.45, 2.75) is 44.6 Å². The molecule has 2 unspecified atom stereocenters. The highest BCUT2D eigenvalue weighted by Crippen LogP contribution is 2.44. The fourth-order valence-corrected chi connectivity index (χ4v) is 3.34. The van der Waals surface area contributed by atoms with Crippen LogP contribution in [0.5, 0.6) is 0 Å². The first-order chi connectivity index (χ1) is 9.63. The van der Waals surface area contributed by atoms with Gasteiger partial charge >= 0.3 is 5.97 Å². The molecule has 2 fully saturated rings. The van der Waals surface area contributed by atoms with Crippen LogP contribution in [0.3, 0.4) is 0 Å². The number of rotatable bonds is 4. The van der Waals surface area contributed by atoms with E-state index in [1.54, 1.807) is 0 Å². The summed E-state index contributed by atoms with van der Waals surface area (Å²) in [5, 5.41) is 12.2. The molecule has 0 aliphatic heterocycles. The van der Waals surface area contributed by atoms with Crippen LogP contribution in [0.15, 0.2) is 18.2 Å². The van der Waals surface area contributed by atoms with E-state index in [4.69, 9.17) is 5.11 Å². The van der Waals surface area contributed by atoms with Crippen LogP contribution in [0.4, 0.5) is 10.1 Å². The van der Waals surface area contributed by atoms with Crippen molar-refractivity contribution in [2.24, 2.45) is 11.8 Å². The lowest BCUT2D eigenvalue weighted by Gasteiger charge is -2.30. The Labute approximate surface area is 118 Å². The minimum atomic E-state index is -1.02. The lowest BCUT2D eigenvalue weighted by Crippen LogP contribution is -2.28. The predicted molar refractivity (Wildman–Crippen MR) is 75.5 cm³/mol. The maximum Gasteiger partial charge on any atom is 0.335 e. The van der Waals surface area contributed by atoms with Crippen LogP contribution < -0.4 is 5.32 Å². The number of anilines is 1. The van der Waals surface area contributed by atoms with E-state index >= 15 is 0 Å². The largest absolute Gasteiger partial charge is 0.478 e. The molecule has 0 amide bonds. The van der Waals surface area contributed by atoms with Gasteiger partial charge in [-0.3, -0.25) is 0 Å². The normalized spacial score (nSPS) is 26.2. The van der Waals surface area contributed by atoms with E-state index in [9.17, 15) is 9.18 Å². The zero-order chi connectivity index (χ0) is 14.1. The smallest absolute Gasteiger partial charge is 0.335 e. The van der Waals surface area contributed by atoms with E-state index in [-0.39, 0.29) is 17.4 Å². The molecule has 4 heteroatoms. The van der Waals surface area contributed by atoms with E-state index in [0.717, 1.165) is 24.7 Å². The minimum Gasteiger partial charge on any atom is -0.478 e. The van der Waals surface area contributed by atoms with E-state index in [0.29, 0.717) is 5.69 Å². The minimum absolute atomic E-state index is 0.128. The predicted octanol–water partition coefficient (Wildman–Crippen LogP) is 3.90. The van der Waals surface area contributed by atoms with Gasteiger partial charge < -0.3 is 10.4 Å². The summed E-state index contributed by atoms with van der Waals surface area (Å²) in [6, 6.07) is 4.20. The molecule has 2 atom stereocenters. The number of nitrogens with one attached hydrogen (secondary N) is 1. The molecule has 3 nitrogen and oxygen atoms in total. The lowest BCUT2D eigenvalue weighted by atomic mass is 9.82. The third kappa shape index (κ3) is 2.94. The summed E-state index contributed by atoms with van der Waals surface area (Å²) in [6.45, 7) is 0. The van der Waals surface area contributed by atoms with Crippen LogP contribution in [0.25, 0.3) is 0 Å². The number of benzene rings is 1. The number of aromatic carboxylic acids is 1. The topological polar surface area (TPSA) is 49.3 Å². The summed E-state index contributed by atoms with van der Waals surface area (Å²) in [7, 11) is 0. The van der Waals surface area contributed by atoms with Crippen LogP contribution in [0, 0.1) is 17.7 Å². The molecule has 0 heterocycles. The van der Waals surface area contributed by atoms with Crippen LogP contribution in [0.1, 0.15) is 48.9 Å². The SMILES string of the molecule is O=C(O)c1ccc(F)c(NC2CCCC(C3CC3)C2)c1. The molecular formula is C16H20FNO2. The molecule has 0 aromatic heterocycles. The first-order valence-corrected chi connectivity index (χ1v) is 7.43. The zero-order valence-corrected chi connectivity index (χ0v) is 11.4. The molecule has 108 valence electrons. The Morgan fingerprint density at radius 1 is 1.20 bits per heavy atom. The van der Waals surface area contributed by atoms with Gasteiger partial charge in [0.1, 0.15) is 5.82 Å². The van der Waals surface area contributed by atoms with Gasteiger partial charge in [-0.2, -0.15) is 0 Å². The second-order valence-corrected chi connectivity index (χ2v) is 6.11. The first-order valence-electron chi connectivity index (χ1n) is 7.43. The molecule has 0 saturated heterocycles.